The number of rotatable bonds is 7. The van der Waals surface area contributed by atoms with E-state index in [9.17, 15) is 27.6 Å². The maximum Gasteiger partial charge on any atom is 0.471 e. The van der Waals surface area contributed by atoms with Gasteiger partial charge in [0.1, 0.15) is 17.0 Å². The molecule has 8 nitrogen and oxygen atoms in total. The van der Waals surface area contributed by atoms with E-state index in [2.05, 4.69) is 6.08 Å². The SMILES string of the molecule is CCN(CCCNC(=O)C(F)(F)F)C(=O)c1ccc(C2=CC3(CCN(C(=O)OC(C)(C)C)CC3)Oc3ccccc32)cc1. The van der Waals surface area contributed by atoms with Gasteiger partial charge < -0.3 is 24.6 Å². The molecule has 1 spiro atoms. The molecule has 2 aromatic rings. The molecule has 0 unspecified atom stereocenters. The minimum Gasteiger partial charge on any atom is -0.482 e. The summed E-state index contributed by atoms with van der Waals surface area (Å²) in [7, 11) is 0. The molecular formula is C32H38F3N3O5. The number of hydrogen-bond acceptors (Lipinski definition) is 5. The second-order valence-electron chi connectivity index (χ2n) is 11.8. The zero-order valence-electron chi connectivity index (χ0n) is 24.9. The Labute approximate surface area is 249 Å². The number of amides is 3. The quantitative estimate of drug-likeness (QED) is 0.405. The molecule has 0 atom stereocenters. The Hall–Kier alpha value is -4.02. The van der Waals surface area contributed by atoms with Crippen molar-refractivity contribution < 1.29 is 37.0 Å². The number of benzene rings is 2. The van der Waals surface area contributed by atoms with Crippen molar-refractivity contribution in [1.29, 1.82) is 0 Å². The number of carbonyl (C=O) groups is 3. The molecule has 2 aliphatic rings. The molecule has 0 radical (unpaired) electrons. The molecule has 43 heavy (non-hydrogen) atoms. The molecule has 2 heterocycles. The summed E-state index contributed by atoms with van der Waals surface area (Å²) in [6.07, 6.45) is -1.77. The summed E-state index contributed by atoms with van der Waals surface area (Å²) in [6.45, 7) is 8.67. The van der Waals surface area contributed by atoms with Crippen LogP contribution in [-0.4, -0.2) is 77.8 Å². The molecule has 1 N–H and O–H groups in total. The number of nitrogens with one attached hydrogen (secondary N) is 1. The summed E-state index contributed by atoms with van der Waals surface area (Å²) in [5, 5.41) is 1.83. The Morgan fingerprint density at radius 1 is 1.02 bits per heavy atom. The first-order valence-electron chi connectivity index (χ1n) is 14.5. The zero-order valence-corrected chi connectivity index (χ0v) is 24.9. The first-order valence-corrected chi connectivity index (χ1v) is 14.5. The van der Waals surface area contributed by atoms with Crippen molar-refractivity contribution >= 4 is 23.5 Å². The number of ether oxygens (including phenoxy) is 2. The van der Waals surface area contributed by atoms with E-state index in [1.165, 1.54) is 4.90 Å². The zero-order chi connectivity index (χ0) is 31.4. The van der Waals surface area contributed by atoms with Crippen LogP contribution >= 0.6 is 0 Å². The molecule has 0 bridgehead atoms. The van der Waals surface area contributed by atoms with Gasteiger partial charge in [0.15, 0.2) is 0 Å². The highest BCUT2D eigenvalue weighted by Crippen LogP contribution is 2.43. The lowest BCUT2D eigenvalue weighted by atomic mass is 9.83. The number of likely N-dealkylation sites (tertiary alicyclic amines) is 1. The number of fused-ring (bicyclic) bond motifs is 1. The van der Waals surface area contributed by atoms with Gasteiger partial charge in [0.25, 0.3) is 5.91 Å². The van der Waals surface area contributed by atoms with Crippen molar-refractivity contribution in [2.75, 3.05) is 32.7 Å². The number of hydrogen-bond donors (Lipinski definition) is 1. The van der Waals surface area contributed by atoms with Crippen molar-refractivity contribution in [2.24, 2.45) is 0 Å². The molecule has 0 saturated carbocycles. The average molecular weight is 602 g/mol. The van der Waals surface area contributed by atoms with Crippen molar-refractivity contribution in [1.82, 2.24) is 15.1 Å². The van der Waals surface area contributed by atoms with Crippen molar-refractivity contribution in [3.05, 3.63) is 71.3 Å². The standard InChI is InChI=1S/C32H38F3N3O5/c1-5-37(18-8-17-36-28(40)32(33,34)35)27(39)23-13-11-22(12-14-23)25-21-31(42-26-10-7-6-9-24(25)26)15-19-38(20-16-31)29(41)43-30(2,3)4/h6-7,9-14,21H,5,8,15-20H2,1-4H3,(H,36,40). The third-order valence-corrected chi connectivity index (χ3v) is 7.42. The van der Waals surface area contributed by atoms with E-state index in [0.29, 0.717) is 38.0 Å². The van der Waals surface area contributed by atoms with Gasteiger partial charge in [0, 0.05) is 56.7 Å². The number of piperidine rings is 1. The first-order chi connectivity index (χ1) is 20.2. The monoisotopic (exact) mass is 601 g/mol. The highest BCUT2D eigenvalue weighted by molar-refractivity contribution is 5.95. The summed E-state index contributed by atoms with van der Waals surface area (Å²) in [5.41, 5.74) is 2.08. The summed E-state index contributed by atoms with van der Waals surface area (Å²) >= 11 is 0. The molecule has 1 saturated heterocycles. The van der Waals surface area contributed by atoms with Crippen molar-refractivity contribution in [2.45, 2.75) is 64.3 Å². The molecular weight excluding hydrogens is 563 g/mol. The summed E-state index contributed by atoms with van der Waals surface area (Å²) < 4.78 is 49.2. The van der Waals surface area contributed by atoms with Crippen LogP contribution in [0.3, 0.4) is 0 Å². The first kappa shape index (κ1) is 31.9. The van der Waals surface area contributed by atoms with Crippen molar-refractivity contribution in [3.63, 3.8) is 0 Å². The predicted molar refractivity (Wildman–Crippen MR) is 156 cm³/mol. The average Bonchev–Trinajstić information content (AvgIpc) is 2.95. The fourth-order valence-electron chi connectivity index (χ4n) is 5.20. The third-order valence-electron chi connectivity index (χ3n) is 7.42. The predicted octanol–water partition coefficient (Wildman–Crippen LogP) is 5.81. The summed E-state index contributed by atoms with van der Waals surface area (Å²) in [4.78, 5) is 40.0. The Morgan fingerprint density at radius 2 is 1.67 bits per heavy atom. The van der Waals surface area contributed by atoms with Gasteiger partial charge in [-0.25, -0.2) is 4.79 Å². The van der Waals surface area contributed by atoms with Gasteiger partial charge in [0.2, 0.25) is 0 Å². The highest BCUT2D eigenvalue weighted by Gasteiger charge is 2.41. The van der Waals surface area contributed by atoms with E-state index < -0.39 is 23.3 Å². The molecule has 2 aromatic carbocycles. The van der Waals surface area contributed by atoms with Crippen LogP contribution in [0.4, 0.5) is 18.0 Å². The van der Waals surface area contributed by atoms with Gasteiger partial charge in [-0.2, -0.15) is 13.2 Å². The Morgan fingerprint density at radius 3 is 2.28 bits per heavy atom. The Balaban J connectivity index is 1.47. The topological polar surface area (TPSA) is 88.2 Å². The Kier molecular flexibility index (Phi) is 9.41. The molecule has 2 aliphatic heterocycles. The van der Waals surface area contributed by atoms with Crippen LogP contribution in [0.15, 0.2) is 54.6 Å². The van der Waals surface area contributed by atoms with Gasteiger partial charge in [-0.15, -0.1) is 0 Å². The molecule has 11 heteroatoms. The van der Waals surface area contributed by atoms with E-state index in [-0.39, 0.29) is 31.5 Å². The van der Waals surface area contributed by atoms with Crippen LogP contribution in [0.2, 0.25) is 0 Å². The Bertz CT molecular complexity index is 1360. The normalized spacial score (nSPS) is 16.1. The van der Waals surface area contributed by atoms with Gasteiger partial charge in [-0.1, -0.05) is 30.3 Å². The van der Waals surface area contributed by atoms with Crippen LogP contribution in [0.25, 0.3) is 5.57 Å². The van der Waals surface area contributed by atoms with E-state index >= 15 is 0 Å². The number of halogens is 3. The van der Waals surface area contributed by atoms with Gasteiger partial charge in [-0.3, -0.25) is 9.59 Å². The molecule has 0 aromatic heterocycles. The third kappa shape index (κ3) is 7.88. The van der Waals surface area contributed by atoms with Crippen LogP contribution in [-0.2, 0) is 9.53 Å². The van der Waals surface area contributed by atoms with Gasteiger partial charge in [0.05, 0.1) is 0 Å². The fourth-order valence-corrected chi connectivity index (χ4v) is 5.20. The molecule has 0 aliphatic carbocycles. The number of para-hydroxylation sites is 1. The largest absolute Gasteiger partial charge is 0.482 e. The van der Waals surface area contributed by atoms with E-state index in [1.807, 2.05) is 62.5 Å². The van der Waals surface area contributed by atoms with E-state index in [0.717, 1.165) is 22.4 Å². The second kappa shape index (κ2) is 12.7. The van der Waals surface area contributed by atoms with Crippen molar-refractivity contribution in [3.8, 4) is 5.75 Å². The van der Waals surface area contributed by atoms with Crippen LogP contribution < -0.4 is 10.1 Å². The number of nitrogens with zero attached hydrogens (tertiary/aromatic N) is 2. The maximum atomic E-state index is 13.1. The second-order valence-corrected chi connectivity index (χ2v) is 11.8. The van der Waals surface area contributed by atoms with E-state index in [4.69, 9.17) is 9.47 Å². The summed E-state index contributed by atoms with van der Waals surface area (Å²) in [5.74, 6) is -1.49. The highest BCUT2D eigenvalue weighted by atomic mass is 19.4. The minimum absolute atomic E-state index is 0.187. The minimum atomic E-state index is -4.93. The van der Waals surface area contributed by atoms with Crippen LogP contribution in [0, 0.1) is 0 Å². The van der Waals surface area contributed by atoms with E-state index in [1.54, 1.807) is 24.0 Å². The maximum absolute atomic E-state index is 13.1. The number of carbonyl (C=O) groups excluding carboxylic acids is 3. The lowest BCUT2D eigenvalue weighted by Gasteiger charge is -2.43. The summed E-state index contributed by atoms with van der Waals surface area (Å²) in [6, 6.07) is 15.0. The molecule has 3 amide bonds. The molecule has 232 valence electrons. The molecule has 4 rings (SSSR count). The van der Waals surface area contributed by atoms with Gasteiger partial charge >= 0.3 is 18.2 Å². The van der Waals surface area contributed by atoms with Crippen LogP contribution in [0.5, 0.6) is 5.75 Å². The lowest BCUT2D eigenvalue weighted by molar-refractivity contribution is -0.173. The van der Waals surface area contributed by atoms with Gasteiger partial charge in [-0.05, 0) is 69.5 Å². The van der Waals surface area contributed by atoms with Crippen LogP contribution in [0.1, 0.15) is 68.4 Å². The smallest absolute Gasteiger partial charge is 0.471 e. The number of alkyl halides is 3. The fraction of sp³-hybridized carbons (Fsp3) is 0.469. The molecule has 1 fully saturated rings. The lowest BCUT2D eigenvalue weighted by Crippen LogP contribution is -2.50.